The highest BCUT2D eigenvalue weighted by atomic mass is 127. The second-order valence-corrected chi connectivity index (χ2v) is 9.44. The lowest BCUT2D eigenvalue weighted by Gasteiger charge is -2.42. The molecule has 30 heavy (non-hydrogen) atoms. The lowest BCUT2D eigenvalue weighted by atomic mass is 9.93. The maximum Gasteiger partial charge on any atom is 0.193 e. The molecule has 6 heteroatoms. The van der Waals surface area contributed by atoms with Crippen molar-refractivity contribution < 1.29 is 4.74 Å². The minimum Gasteiger partial charge on any atom is -0.373 e. The van der Waals surface area contributed by atoms with E-state index in [1.807, 2.05) is 7.05 Å². The normalized spacial score (nSPS) is 34.2. The lowest BCUT2D eigenvalue weighted by molar-refractivity contribution is 0.0893. The van der Waals surface area contributed by atoms with E-state index >= 15 is 0 Å². The third kappa shape index (κ3) is 4.65. The van der Waals surface area contributed by atoms with Gasteiger partial charge in [0.25, 0.3) is 0 Å². The van der Waals surface area contributed by atoms with Gasteiger partial charge in [0.2, 0.25) is 0 Å². The number of ether oxygens (including phenoxy) is 1. The van der Waals surface area contributed by atoms with Crippen molar-refractivity contribution >= 4 is 29.9 Å². The molecule has 1 N–H and O–H groups in total. The number of aliphatic imine (C=N–C) groups is 1. The average Bonchev–Trinajstić information content (AvgIpc) is 3.52. The molecule has 4 aliphatic rings. The van der Waals surface area contributed by atoms with Gasteiger partial charge < -0.3 is 15.0 Å². The molecule has 2 bridgehead atoms. The second kappa shape index (κ2) is 10.2. The van der Waals surface area contributed by atoms with Crippen molar-refractivity contribution in [1.29, 1.82) is 0 Å². The third-order valence-electron chi connectivity index (χ3n) is 7.86. The van der Waals surface area contributed by atoms with E-state index < -0.39 is 0 Å². The van der Waals surface area contributed by atoms with Gasteiger partial charge in [-0.25, -0.2) is 0 Å². The SMILES string of the molecule is CN=C(NCC1CCOC1c1ccccc1)N1CCN(C2CC3CCC2C3)CC1.I. The Bertz CT molecular complexity index is 706. The molecular weight excluding hydrogens is 487 g/mol. The van der Waals surface area contributed by atoms with Gasteiger partial charge in [-0.05, 0) is 43.1 Å². The van der Waals surface area contributed by atoms with Gasteiger partial charge in [-0.2, -0.15) is 0 Å². The van der Waals surface area contributed by atoms with Crippen LogP contribution in [-0.4, -0.2) is 68.2 Å². The predicted molar refractivity (Wildman–Crippen MR) is 132 cm³/mol. The molecule has 1 aromatic carbocycles. The molecule has 2 aliphatic heterocycles. The summed E-state index contributed by atoms with van der Waals surface area (Å²) in [5.74, 6) is 3.59. The van der Waals surface area contributed by atoms with Crippen LogP contribution in [0.4, 0.5) is 0 Å². The second-order valence-electron chi connectivity index (χ2n) is 9.44. The minimum atomic E-state index is 0. The Morgan fingerprint density at radius 2 is 1.87 bits per heavy atom. The standard InChI is InChI=1S/C24H36N4O.HI/c1-25-24(26-17-21-9-14-29-23(21)19-5-3-2-4-6-19)28-12-10-27(11-13-28)22-16-18-7-8-20(22)15-18;/h2-6,18,20-23H,7-17H2,1H3,(H,25,26);1H. The van der Waals surface area contributed by atoms with Crippen molar-refractivity contribution in [3.05, 3.63) is 35.9 Å². The van der Waals surface area contributed by atoms with E-state index in [1.54, 1.807) is 0 Å². The van der Waals surface area contributed by atoms with Crippen LogP contribution in [-0.2, 0) is 4.74 Å². The van der Waals surface area contributed by atoms with Crippen molar-refractivity contribution in [2.45, 2.75) is 44.2 Å². The zero-order chi connectivity index (χ0) is 19.6. The van der Waals surface area contributed by atoms with Crippen LogP contribution >= 0.6 is 24.0 Å². The van der Waals surface area contributed by atoms with Crippen molar-refractivity contribution in [1.82, 2.24) is 15.1 Å². The fourth-order valence-corrected chi connectivity index (χ4v) is 6.33. The largest absolute Gasteiger partial charge is 0.373 e. The number of rotatable bonds is 4. The summed E-state index contributed by atoms with van der Waals surface area (Å²) in [7, 11) is 1.92. The number of hydrogen-bond donors (Lipinski definition) is 1. The smallest absolute Gasteiger partial charge is 0.193 e. The molecule has 5 unspecified atom stereocenters. The topological polar surface area (TPSA) is 40.1 Å². The molecule has 0 spiro atoms. The number of benzene rings is 1. The highest BCUT2D eigenvalue weighted by molar-refractivity contribution is 14.0. The van der Waals surface area contributed by atoms with E-state index in [2.05, 4.69) is 50.4 Å². The summed E-state index contributed by atoms with van der Waals surface area (Å²) in [5, 5.41) is 3.67. The van der Waals surface area contributed by atoms with Crippen molar-refractivity contribution in [3.8, 4) is 0 Å². The first-order chi connectivity index (χ1) is 14.3. The quantitative estimate of drug-likeness (QED) is 0.370. The Balaban J connectivity index is 0.00000218. The molecule has 2 saturated heterocycles. The van der Waals surface area contributed by atoms with Crippen LogP contribution in [0.2, 0.25) is 0 Å². The first kappa shape index (κ1) is 22.3. The van der Waals surface area contributed by atoms with E-state index in [0.717, 1.165) is 56.5 Å². The van der Waals surface area contributed by atoms with Crippen LogP contribution in [0.3, 0.4) is 0 Å². The van der Waals surface area contributed by atoms with Crippen molar-refractivity contribution in [2.75, 3.05) is 46.4 Å². The summed E-state index contributed by atoms with van der Waals surface area (Å²) < 4.78 is 6.06. The highest BCUT2D eigenvalue weighted by Crippen LogP contribution is 2.46. The first-order valence-electron chi connectivity index (χ1n) is 11.7. The molecule has 166 valence electrons. The van der Waals surface area contributed by atoms with Crippen LogP contribution in [0.1, 0.15) is 43.8 Å². The maximum atomic E-state index is 6.06. The monoisotopic (exact) mass is 524 g/mol. The fraction of sp³-hybridized carbons (Fsp3) is 0.708. The summed E-state index contributed by atoms with van der Waals surface area (Å²) in [5.41, 5.74) is 1.30. The summed E-state index contributed by atoms with van der Waals surface area (Å²) in [6.45, 7) is 6.35. The first-order valence-corrected chi connectivity index (χ1v) is 11.7. The van der Waals surface area contributed by atoms with Crippen LogP contribution in [0.15, 0.2) is 35.3 Å². The van der Waals surface area contributed by atoms with E-state index in [4.69, 9.17) is 4.74 Å². The number of guanidine groups is 1. The zero-order valence-corrected chi connectivity index (χ0v) is 20.5. The molecule has 0 aromatic heterocycles. The maximum absolute atomic E-state index is 6.06. The zero-order valence-electron chi connectivity index (χ0n) is 18.2. The molecule has 5 rings (SSSR count). The van der Waals surface area contributed by atoms with Crippen molar-refractivity contribution in [2.24, 2.45) is 22.7 Å². The Morgan fingerprint density at radius 1 is 1.07 bits per heavy atom. The van der Waals surface area contributed by atoms with Gasteiger partial charge in [0.05, 0.1) is 6.10 Å². The number of fused-ring (bicyclic) bond motifs is 2. The lowest BCUT2D eigenvalue weighted by Crippen LogP contribution is -2.55. The summed E-state index contributed by atoms with van der Waals surface area (Å²) in [4.78, 5) is 9.84. The van der Waals surface area contributed by atoms with Gasteiger partial charge in [-0.15, -0.1) is 24.0 Å². The Kier molecular flexibility index (Phi) is 7.57. The highest BCUT2D eigenvalue weighted by Gasteiger charge is 2.42. The Hall–Kier alpha value is -0.860. The van der Waals surface area contributed by atoms with Gasteiger partial charge in [0, 0.05) is 58.3 Å². The summed E-state index contributed by atoms with van der Waals surface area (Å²) in [6.07, 6.45) is 7.25. The molecule has 2 aliphatic carbocycles. The van der Waals surface area contributed by atoms with E-state index in [9.17, 15) is 0 Å². The van der Waals surface area contributed by atoms with Crippen LogP contribution in [0.5, 0.6) is 0 Å². The van der Waals surface area contributed by atoms with Crippen LogP contribution in [0.25, 0.3) is 0 Å². The molecule has 0 radical (unpaired) electrons. The van der Waals surface area contributed by atoms with Gasteiger partial charge >= 0.3 is 0 Å². The number of nitrogens with one attached hydrogen (secondary N) is 1. The molecule has 2 heterocycles. The Morgan fingerprint density at radius 3 is 2.53 bits per heavy atom. The predicted octanol–water partition coefficient (Wildman–Crippen LogP) is 3.76. The number of nitrogens with zero attached hydrogens (tertiary/aromatic N) is 3. The third-order valence-corrected chi connectivity index (χ3v) is 7.86. The van der Waals surface area contributed by atoms with E-state index in [1.165, 1.54) is 44.3 Å². The molecule has 5 nitrogen and oxygen atoms in total. The summed E-state index contributed by atoms with van der Waals surface area (Å²) in [6, 6.07) is 11.5. The molecule has 0 amide bonds. The molecule has 2 saturated carbocycles. The average molecular weight is 524 g/mol. The van der Waals surface area contributed by atoms with Crippen LogP contribution < -0.4 is 5.32 Å². The number of hydrogen-bond acceptors (Lipinski definition) is 3. The van der Waals surface area contributed by atoms with E-state index in [0.29, 0.717) is 5.92 Å². The van der Waals surface area contributed by atoms with Crippen LogP contribution in [0, 0.1) is 17.8 Å². The van der Waals surface area contributed by atoms with Gasteiger partial charge in [-0.3, -0.25) is 9.89 Å². The van der Waals surface area contributed by atoms with Gasteiger partial charge in [0.1, 0.15) is 0 Å². The summed E-state index contributed by atoms with van der Waals surface area (Å²) >= 11 is 0. The van der Waals surface area contributed by atoms with E-state index in [-0.39, 0.29) is 30.1 Å². The Labute approximate surface area is 198 Å². The van der Waals surface area contributed by atoms with Gasteiger partial charge in [-0.1, -0.05) is 36.8 Å². The molecular formula is C24H37IN4O. The molecule has 1 aromatic rings. The molecule has 5 atom stereocenters. The van der Waals surface area contributed by atoms with Gasteiger partial charge in [0.15, 0.2) is 5.96 Å². The number of halogens is 1. The number of piperazine rings is 1. The fourth-order valence-electron chi connectivity index (χ4n) is 6.33. The minimum absolute atomic E-state index is 0. The van der Waals surface area contributed by atoms with Crippen molar-refractivity contribution in [3.63, 3.8) is 0 Å². The molecule has 4 fully saturated rings.